The van der Waals surface area contributed by atoms with Crippen LogP contribution >= 0.6 is 0 Å². The average Bonchev–Trinajstić information content (AvgIpc) is 2.36. The number of para-hydroxylation sites is 1. The lowest BCUT2D eigenvalue weighted by molar-refractivity contribution is -0.120. The first-order valence-corrected chi connectivity index (χ1v) is 5.95. The molecule has 3 rings (SSSR count). The highest BCUT2D eigenvalue weighted by molar-refractivity contribution is 6.11. The van der Waals surface area contributed by atoms with Gasteiger partial charge in [-0.05, 0) is 19.9 Å². The minimum atomic E-state index is -0.558. The van der Waals surface area contributed by atoms with Crippen LogP contribution in [-0.2, 0) is 4.79 Å². The molecule has 0 fully saturated rings. The van der Waals surface area contributed by atoms with E-state index in [1.165, 1.54) is 0 Å². The second-order valence-electron chi connectivity index (χ2n) is 5.11. The second-order valence-corrected chi connectivity index (χ2v) is 5.11. The highest BCUT2D eigenvalue weighted by atomic mass is 16.2. The van der Waals surface area contributed by atoms with Crippen molar-refractivity contribution in [2.75, 3.05) is 17.3 Å². The lowest BCUT2D eigenvalue weighted by Crippen LogP contribution is -2.54. The van der Waals surface area contributed by atoms with Crippen LogP contribution in [-0.4, -0.2) is 23.5 Å². The number of hydrogen-bond acceptors (Lipinski definition) is 3. The number of nitrogens with zero attached hydrogens (tertiary/aromatic N) is 2. The van der Waals surface area contributed by atoms with Gasteiger partial charge in [0.25, 0.3) is 0 Å². The molecule has 4 heteroatoms. The van der Waals surface area contributed by atoms with Crippen LogP contribution in [0.15, 0.2) is 30.5 Å². The summed E-state index contributed by atoms with van der Waals surface area (Å²) >= 11 is 0. The van der Waals surface area contributed by atoms with Crippen LogP contribution in [0, 0.1) is 0 Å². The molecule has 92 valence electrons. The van der Waals surface area contributed by atoms with Gasteiger partial charge in [-0.2, -0.15) is 0 Å². The minimum absolute atomic E-state index is 0.00502. The normalized spacial score (nSPS) is 17.5. The summed E-state index contributed by atoms with van der Waals surface area (Å²) in [5.74, 6) is -0.00502. The molecule has 1 aliphatic heterocycles. The molecule has 0 atom stereocenters. The number of nitrogens with one attached hydrogen (secondary N) is 1. The molecule has 18 heavy (non-hydrogen) atoms. The van der Waals surface area contributed by atoms with Crippen molar-refractivity contribution in [1.82, 2.24) is 4.98 Å². The first-order valence-electron chi connectivity index (χ1n) is 5.95. The zero-order chi connectivity index (χ0) is 12.9. The molecule has 1 aliphatic rings. The van der Waals surface area contributed by atoms with Crippen molar-refractivity contribution in [3.63, 3.8) is 0 Å². The van der Waals surface area contributed by atoms with Gasteiger partial charge in [-0.3, -0.25) is 9.78 Å². The molecule has 0 unspecified atom stereocenters. The molecule has 1 amide bonds. The minimum Gasteiger partial charge on any atom is -0.358 e. The zero-order valence-corrected chi connectivity index (χ0v) is 10.7. The highest BCUT2D eigenvalue weighted by Gasteiger charge is 2.38. The van der Waals surface area contributed by atoms with Gasteiger partial charge in [-0.15, -0.1) is 0 Å². The summed E-state index contributed by atoms with van der Waals surface area (Å²) in [6.07, 6.45) is 1.72. The lowest BCUT2D eigenvalue weighted by atomic mass is 9.96. The Kier molecular flexibility index (Phi) is 2.11. The molecule has 0 radical (unpaired) electrons. The van der Waals surface area contributed by atoms with E-state index in [0.29, 0.717) is 0 Å². The van der Waals surface area contributed by atoms with Crippen molar-refractivity contribution >= 4 is 28.2 Å². The summed E-state index contributed by atoms with van der Waals surface area (Å²) in [6.45, 7) is 3.83. The third kappa shape index (κ3) is 1.32. The summed E-state index contributed by atoms with van der Waals surface area (Å²) in [4.78, 5) is 18.4. The van der Waals surface area contributed by atoms with Crippen molar-refractivity contribution < 1.29 is 4.79 Å². The molecule has 4 nitrogen and oxygen atoms in total. The molecule has 0 aliphatic carbocycles. The second kappa shape index (κ2) is 3.45. The molecule has 2 aromatic rings. The van der Waals surface area contributed by atoms with E-state index >= 15 is 0 Å². The number of carbonyl (C=O) groups excluding carboxylic acids is 1. The van der Waals surface area contributed by atoms with Crippen LogP contribution in [0.5, 0.6) is 0 Å². The smallest absolute Gasteiger partial charge is 0.249 e. The van der Waals surface area contributed by atoms with E-state index in [-0.39, 0.29) is 5.91 Å². The van der Waals surface area contributed by atoms with E-state index in [1.807, 2.05) is 50.1 Å². The Morgan fingerprint density at radius 3 is 2.78 bits per heavy atom. The van der Waals surface area contributed by atoms with Gasteiger partial charge >= 0.3 is 0 Å². The fourth-order valence-corrected chi connectivity index (χ4v) is 2.29. The van der Waals surface area contributed by atoms with Crippen molar-refractivity contribution in [1.29, 1.82) is 0 Å². The van der Waals surface area contributed by atoms with Crippen LogP contribution in [0.25, 0.3) is 10.9 Å². The Labute approximate surface area is 106 Å². The first kappa shape index (κ1) is 11.0. The molecular formula is C14H15N3O. The molecule has 1 N–H and O–H groups in total. The van der Waals surface area contributed by atoms with Gasteiger partial charge in [-0.1, -0.05) is 18.2 Å². The Bertz CT molecular complexity index is 649. The number of pyridine rings is 1. The standard InChI is InChI=1S/C14H15N3O/c1-14(2)13(18)16-11-8-15-10-7-5-4-6-9(10)12(11)17(14)3/h4-8H,1-3H3,(H,16,18). The van der Waals surface area contributed by atoms with Gasteiger partial charge in [0.05, 0.1) is 23.1 Å². The number of aromatic nitrogens is 1. The van der Waals surface area contributed by atoms with Gasteiger partial charge in [0.2, 0.25) is 5.91 Å². The fraction of sp³-hybridized carbons (Fsp3) is 0.286. The Morgan fingerprint density at radius 1 is 1.28 bits per heavy atom. The van der Waals surface area contributed by atoms with Crippen LogP contribution in [0.1, 0.15) is 13.8 Å². The van der Waals surface area contributed by atoms with Crippen LogP contribution in [0.2, 0.25) is 0 Å². The van der Waals surface area contributed by atoms with Crippen molar-refractivity contribution in [3.8, 4) is 0 Å². The van der Waals surface area contributed by atoms with Gasteiger partial charge in [-0.25, -0.2) is 0 Å². The number of hydrogen-bond donors (Lipinski definition) is 1. The molecular weight excluding hydrogens is 226 g/mol. The third-order valence-electron chi connectivity index (χ3n) is 3.72. The molecule has 0 saturated carbocycles. The molecule has 0 spiro atoms. The maximum absolute atomic E-state index is 12.0. The summed E-state index contributed by atoms with van der Waals surface area (Å²) in [5, 5.41) is 3.99. The monoisotopic (exact) mass is 241 g/mol. The zero-order valence-electron chi connectivity index (χ0n) is 10.7. The Hall–Kier alpha value is -2.10. The van der Waals surface area contributed by atoms with Crippen LogP contribution < -0.4 is 10.2 Å². The Morgan fingerprint density at radius 2 is 2.00 bits per heavy atom. The van der Waals surface area contributed by atoms with Gasteiger partial charge in [0.15, 0.2) is 0 Å². The topological polar surface area (TPSA) is 45.2 Å². The molecule has 0 bridgehead atoms. The van der Waals surface area contributed by atoms with Crippen molar-refractivity contribution in [2.24, 2.45) is 0 Å². The van der Waals surface area contributed by atoms with Gasteiger partial charge < -0.3 is 10.2 Å². The molecule has 1 aromatic carbocycles. The maximum Gasteiger partial charge on any atom is 0.249 e. The first-order chi connectivity index (χ1) is 8.51. The fourth-order valence-electron chi connectivity index (χ4n) is 2.29. The third-order valence-corrected chi connectivity index (χ3v) is 3.72. The van der Waals surface area contributed by atoms with Crippen molar-refractivity contribution in [2.45, 2.75) is 19.4 Å². The predicted molar refractivity (Wildman–Crippen MR) is 72.9 cm³/mol. The number of fused-ring (bicyclic) bond motifs is 3. The lowest BCUT2D eigenvalue weighted by Gasteiger charge is -2.41. The number of carbonyl (C=O) groups is 1. The number of likely N-dealkylation sites (N-methyl/N-ethyl adjacent to an activating group) is 1. The number of benzene rings is 1. The summed E-state index contributed by atoms with van der Waals surface area (Å²) in [5.41, 5.74) is 2.19. The quantitative estimate of drug-likeness (QED) is 0.770. The number of amides is 1. The largest absolute Gasteiger partial charge is 0.358 e. The van der Waals surface area contributed by atoms with Crippen molar-refractivity contribution in [3.05, 3.63) is 30.5 Å². The Balaban J connectivity index is 2.34. The average molecular weight is 241 g/mol. The summed E-state index contributed by atoms with van der Waals surface area (Å²) < 4.78 is 0. The predicted octanol–water partition coefficient (Wildman–Crippen LogP) is 2.40. The van der Waals surface area contributed by atoms with E-state index in [1.54, 1.807) is 6.20 Å². The SMILES string of the molecule is CN1c2c(cnc3ccccc23)NC(=O)C1(C)C. The van der Waals surface area contributed by atoms with Gasteiger partial charge in [0.1, 0.15) is 5.54 Å². The van der Waals surface area contributed by atoms with E-state index in [2.05, 4.69) is 10.3 Å². The maximum atomic E-state index is 12.0. The van der Waals surface area contributed by atoms with Gasteiger partial charge in [0, 0.05) is 12.4 Å². The van der Waals surface area contributed by atoms with Crippen LogP contribution in [0.3, 0.4) is 0 Å². The van der Waals surface area contributed by atoms with E-state index in [0.717, 1.165) is 22.3 Å². The van der Waals surface area contributed by atoms with E-state index in [4.69, 9.17) is 0 Å². The van der Waals surface area contributed by atoms with E-state index in [9.17, 15) is 4.79 Å². The van der Waals surface area contributed by atoms with E-state index < -0.39 is 5.54 Å². The van der Waals surface area contributed by atoms with Crippen LogP contribution in [0.4, 0.5) is 11.4 Å². The summed E-state index contributed by atoms with van der Waals surface area (Å²) in [6, 6.07) is 7.97. The molecule has 1 aromatic heterocycles. The molecule has 2 heterocycles. The summed E-state index contributed by atoms with van der Waals surface area (Å²) in [7, 11) is 1.95. The number of rotatable bonds is 0. The molecule has 0 saturated heterocycles. The highest BCUT2D eigenvalue weighted by Crippen LogP contribution is 2.39. The number of anilines is 2.